The Morgan fingerprint density at radius 3 is 2.72 bits per heavy atom. The van der Waals surface area contributed by atoms with Gasteiger partial charge in [0.2, 0.25) is 0 Å². The summed E-state index contributed by atoms with van der Waals surface area (Å²) in [6, 6.07) is 4.75. The maximum Gasteiger partial charge on any atom is 0.145 e. The van der Waals surface area contributed by atoms with E-state index in [-0.39, 0.29) is 11.4 Å². The van der Waals surface area contributed by atoms with Crippen LogP contribution >= 0.6 is 34.5 Å². The van der Waals surface area contributed by atoms with Gasteiger partial charge in [-0.2, -0.15) is 0 Å². The second kappa shape index (κ2) is 5.57. The maximum absolute atomic E-state index is 13.7. The van der Waals surface area contributed by atoms with Crippen LogP contribution in [0.3, 0.4) is 0 Å². The quantitative estimate of drug-likeness (QED) is 0.865. The molecule has 1 N–H and O–H groups in total. The van der Waals surface area contributed by atoms with Crippen LogP contribution in [0.25, 0.3) is 0 Å². The van der Waals surface area contributed by atoms with Gasteiger partial charge in [-0.15, -0.1) is 11.3 Å². The first-order valence-electron chi connectivity index (χ1n) is 5.35. The number of hydrogen-bond acceptors (Lipinski definition) is 2. The summed E-state index contributed by atoms with van der Waals surface area (Å²) in [7, 11) is 0. The van der Waals surface area contributed by atoms with Gasteiger partial charge in [-0.1, -0.05) is 35.3 Å². The molecule has 0 spiro atoms. The highest BCUT2D eigenvalue weighted by atomic mass is 35.5. The number of thiophene rings is 1. The van der Waals surface area contributed by atoms with Crippen LogP contribution in [0.5, 0.6) is 0 Å². The van der Waals surface area contributed by atoms with Gasteiger partial charge in [-0.25, -0.2) is 4.39 Å². The number of halogens is 3. The van der Waals surface area contributed by atoms with E-state index in [1.807, 2.05) is 12.3 Å². The third-order valence-electron chi connectivity index (χ3n) is 2.67. The Morgan fingerprint density at radius 2 is 2.11 bits per heavy atom. The first-order chi connectivity index (χ1) is 8.50. The summed E-state index contributed by atoms with van der Waals surface area (Å²) >= 11 is 13.1. The molecule has 2 aromatic rings. The van der Waals surface area contributed by atoms with Crippen molar-refractivity contribution in [2.24, 2.45) is 0 Å². The van der Waals surface area contributed by atoms with Gasteiger partial charge in [0.15, 0.2) is 0 Å². The monoisotopic (exact) mass is 304 g/mol. The fraction of sp³-hybridized carbons (Fsp3) is 0.231. The normalized spacial score (nSPS) is 12.7. The third kappa shape index (κ3) is 2.69. The smallest absolute Gasteiger partial charge is 0.145 e. The van der Waals surface area contributed by atoms with Crippen molar-refractivity contribution in [1.29, 1.82) is 0 Å². The van der Waals surface area contributed by atoms with E-state index in [1.165, 1.54) is 17.4 Å². The summed E-state index contributed by atoms with van der Waals surface area (Å²) in [5, 5.41) is 12.6. The van der Waals surface area contributed by atoms with E-state index < -0.39 is 11.9 Å². The Balaban J connectivity index is 2.24. The summed E-state index contributed by atoms with van der Waals surface area (Å²) in [4.78, 5) is 0.661. The van der Waals surface area contributed by atoms with Crippen LogP contribution in [-0.4, -0.2) is 5.11 Å². The Bertz CT molecular complexity index is 568. The van der Waals surface area contributed by atoms with Gasteiger partial charge in [0.25, 0.3) is 0 Å². The number of rotatable bonds is 3. The number of hydrogen-bond donors (Lipinski definition) is 1. The fourth-order valence-electron chi connectivity index (χ4n) is 1.68. The summed E-state index contributed by atoms with van der Waals surface area (Å²) in [5.74, 6) is -0.484. The molecule has 0 radical (unpaired) electrons. The van der Waals surface area contributed by atoms with Crippen LogP contribution < -0.4 is 0 Å². The molecule has 0 fully saturated rings. The van der Waals surface area contributed by atoms with Crippen LogP contribution in [0.2, 0.25) is 10.0 Å². The maximum atomic E-state index is 13.7. The van der Waals surface area contributed by atoms with E-state index in [1.54, 1.807) is 12.1 Å². The molecule has 1 atom stereocenters. The Hall–Kier alpha value is -0.610. The highest BCUT2D eigenvalue weighted by Crippen LogP contribution is 2.34. The average molecular weight is 305 g/mol. The highest BCUT2D eigenvalue weighted by Gasteiger charge is 2.18. The molecule has 5 heteroatoms. The zero-order chi connectivity index (χ0) is 13.3. The van der Waals surface area contributed by atoms with E-state index in [9.17, 15) is 9.50 Å². The molecular formula is C13H11Cl2FOS. The Morgan fingerprint density at radius 1 is 1.39 bits per heavy atom. The molecule has 96 valence electrons. The first-order valence-corrected chi connectivity index (χ1v) is 6.98. The first kappa shape index (κ1) is 13.8. The molecule has 1 nitrogen and oxygen atoms in total. The molecule has 0 amide bonds. The largest absolute Gasteiger partial charge is 0.387 e. The molecule has 1 aromatic heterocycles. The van der Waals surface area contributed by atoms with E-state index in [0.717, 1.165) is 5.56 Å². The van der Waals surface area contributed by atoms with Gasteiger partial charge in [0.1, 0.15) is 5.82 Å². The lowest BCUT2D eigenvalue weighted by atomic mass is 10.1. The van der Waals surface area contributed by atoms with Crippen LogP contribution in [0.1, 0.15) is 22.1 Å². The summed E-state index contributed by atoms with van der Waals surface area (Å²) in [6.07, 6.45) is -0.657. The minimum atomic E-state index is -0.816. The van der Waals surface area contributed by atoms with Crippen molar-refractivity contribution >= 4 is 34.5 Å². The van der Waals surface area contributed by atoms with Crippen molar-refractivity contribution in [1.82, 2.24) is 0 Å². The third-order valence-corrected chi connectivity index (χ3v) is 4.78. The molecule has 0 bridgehead atoms. The van der Waals surface area contributed by atoms with Crippen LogP contribution in [0.15, 0.2) is 23.6 Å². The second-order valence-corrected chi connectivity index (χ2v) is 5.73. The lowest BCUT2D eigenvalue weighted by Crippen LogP contribution is -2.02. The SMILES string of the molecule is Cc1csc(C(O)Cc2cccc(Cl)c2F)c1Cl. The van der Waals surface area contributed by atoms with Crippen molar-refractivity contribution < 1.29 is 9.50 Å². The molecule has 0 aliphatic rings. The Kier molecular flexibility index (Phi) is 4.28. The van der Waals surface area contributed by atoms with Crippen LogP contribution in [0, 0.1) is 12.7 Å². The lowest BCUT2D eigenvalue weighted by Gasteiger charge is -2.11. The minimum absolute atomic E-state index is 0.0631. The van der Waals surface area contributed by atoms with Gasteiger partial charge in [0.05, 0.1) is 21.0 Å². The van der Waals surface area contributed by atoms with E-state index in [4.69, 9.17) is 23.2 Å². The van der Waals surface area contributed by atoms with Crippen LogP contribution in [0.4, 0.5) is 4.39 Å². The second-order valence-electron chi connectivity index (χ2n) is 4.03. The topological polar surface area (TPSA) is 20.2 Å². The van der Waals surface area contributed by atoms with Gasteiger partial charge in [0, 0.05) is 6.42 Å². The highest BCUT2D eigenvalue weighted by molar-refractivity contribution is 7.10. The van der Waals surface area contributed by atoms with Crippen molar-refractivity contribution in [3.63, 3.8) is 0 Å². The number of aliphatic hydroxyl groups excluding tert-OH is 1. The molecule has 1 heterocycles. The molecule has 0 saturated carbocycles. The molecule has 18 heavy (non-hydrogen) atoms. The molecule has 0 aliphatic heterocycles. The lowest BCUT2D eigenvalue weighted by molar-refractivity contribution is 0.181. The van der Waals surface area contributed by atoms with Gasteiger partial charge in [-0.3, -0.25) is 0 Å². The molecule has 1 aromatic carbocycles. The minimum Gasteiger partial charge on any atom is -0.387 e. The fourth-order valence-corrected chi connectivity index (χ4v) is 3.18. The molecule has 0 saturated heterocycles. The van der Waals surface area contributed by atoms with Gasteiger partial charge in [-0.05, 0) is 29.5 Å². The number of aryl methyl sites for hydroxylation is 1. The van der Waals surface area contributed by atoms with Crippen molar-refractivity contribution in [3.05, 3.63) is 55.4 Å². The van der Waals surface area contributed by atoms with Crippen LogP contribution in [-0.2, 0) is 6.42 Å². The van der Waals surface area contributed by atoms with Crippen molar-refractivity contribution in [2.45, 2.75) is 19.4 Å². The molecular weight excluding hydrogens is 294 g/mol. The predicted octanol–water partition coefficient (Wildman–Crippen LogP) is 4.78. The van der Waals surface area contributed by atoms with Crippen molar-refractivity contribution in [3.8, 4) is 0 Å². The average Bonchev–Trinajstić information content (AvgIpc) is 2.66. The van der Waals surface area contributed by atoms with E-state index >= 15 is 0 Å². The van der Waals surface area contributed by atoms with E-state index in [2.05, 4.69) is 0 Å². The molecule has 0 aliphatic carbocycles. The number of aliphatic hydroxyl groups is 1. The standard InChI is InChI=1S/C13H11Cl2FOS/c1-7-6-18-13(11(7)15)10(17)5-8-3-2-4-9(14)12(8)16/h2-4,6,10,17H,5H2,1H3. The van der Waals surface area contributed by atoms with Gasteiger partial charge >= 0.3 is 0 Å². The summed E-state index contributed by atoms with van der Waals surface area (Å²) < 4.78 is 13.7. The molecule has 1 unspecified atom stereocenters. The van der Waals surface area contributed by atoms with E-state index in [0.29, 0.717) is 15.5 Å². The predicted molar refractivity (Wildman–Crippen MR) is 74.1 cm³/mol. The van der Waals surface area contributed by atoms with Crippen molar-refractivity contribution in [2.75, 3.05) is 0 Å². The van der Waals surface area contributed by atoms with Gasteiger partial charge < -0.3 is 5.11 Å². The zero-order valence-electron chi connectivity index (χ0n) is 9.58. The zero-order valence-corrected chi connectivity index (χ0v) is 11.9. The Labute approximate surface area is 119 Å². The molecule has 2 rings (SSSR count). The summed E-state index contributed by atoms with van der Waals surface area (Å²) in [5.41, 5.74) is 1.31. The number of benzene rings is 1. The summed E-state index contributed by atoms with van der Waals surface area (Å²) in [6.45, 7) is 1.87.